The van der Waals surface area contributed by atoms with Crippen LogP contribution in [0.2, 0.25) is 0 Å². The van der Waals surface area contributed by atoms with E-state index in [0.717, 1.165) is 24.9 Å². The van der Waals surface area contributed by atoms with Gasteiger partial charge >= 0.3 is 0 Å². The van der Waals surface area contributed by atoms with E-state index in [9.17, 15) is 4.79 Å². The number of carbonyl (C=O) groups is 1. The molecule has 6 heteroatoms. The van der Waals surface area contributed by atoms with Crippen LogP contribution in [0.3, 0.4) is 0 Å². The molecule has 126 valence electrons. The first-order valence-electron chi connectivity index (χ1n) is 8.42. The number of ether oxygens (including phenoxy) is 2. The van der Waals surface area contributed by atoms with Gasteiger partial charge in [-0.05, 0) is 25.5 Å². The maximum Gasteiger partial charge on any atom is 0.272 e. The third kappa shape index (κ3) is 3.64. The minimum atomic E-state index is -0.450. The average Bonchev–Trinajstić information content (AvgIpc) is 3.03. The van der Waals surface area contributed by atoms with Gasteiger partial charge in [-0.2, -0.15) is 0 Å². The van der Waals surface area contributed by atoms with E-state index in [-0.39, 0.29) is 5.91 Å². The Labute approximate surface area is 137 Å². The topological polar surface area (TPSA) is 63.7 Å². The number of aromatic nitrogens is 1. The Balaban J connectivity index is 1.58. The van der Waals surface area contributed by atoms with Gasteiger partial charge in [0.15, 0.2) is 5.79 Å². The molecule has 1 aromatic heterocycles. The van der Waals surface area contributed by atoms with Crippen LogP contribution >= 0.6 is 0 Å². The van der Waals surface area contributed by atoms with E-state index in [1.165, 1.54) is 0 Å². The summed E-state index contributed by atoms with van der Waals surface area (Å²) in [7, 11) is 0. The lowest BCUT2D eigenvalue weighted by Gasteiger charge is -2.37. The van der Waals surface area contributed by atoms with Crippen LogP contribution in [0.4, 0.5) is 5.69 Å². The molecule has 3 heterocycles. The van der Waals surface area contributed by atoms with Crippen molar-refractivity contribution in [3.8, 4) is 0 Å². The van der Waals surface area contributed by atoms with Crippen molar-refractivity contribution < 1.29 is 14.3 Å². The highest BCUT2D eigenvalue weighted by atomic mass is 16.7. The van der Waals surface area contributed by atoms with Gasteiger partial charge in [0, 0.05) is 32.0 Å². The minimum absolute atomic E-state index is 0.0204. The molecule has 0 bridgehead atoms. The number of likely N-dealkylation sites (tertiary alicyclic amines) is 1. The van der Waals surface area contributed by atoms with E-state index in [4.69, 9.17) is 9.47 Å². The van der Waals surface area contributed by atoms with Gasteiger partial charge in [-0.1, -0.05) is 6.92 Å². The molecule has 1 unspecified atom stereocenters. The Morgan fingerprint density at radius 1 is 1.35 bits per heavy atom. The van der Waals surface area contributed by atoms with Crippen LogP contribution in [0.5, 0.6) is 0 Å². The van der Waals surface area contributed by atoms with Gasteiger partial charge in [0.05, 0.1) is 25.1 Å². The summed E-state index contributed by atoms with van der Waals surface area (Å²) < 4.78 is 11.4. The number of anilines is 1. The van der Waals surface area contributed by atoms with Crippen LogP contribution < -0.4 is 5.32 Å². The van der Waals surface area contributed by atoms with E-state index in [1.807, 2.05) is 11.0 Å². The molecule has 1 N–H and O–H groups in total. The fraction of sp³-hybridized carbons (Fsp3) is 0.647. The van der Waals surface area contributed by atoms with Gasteiger partial charge in [0.1, 0.15) is 5.69 Å². The maximum atomic E-state index is 12.6. The van der Waals surface area contributed by atoms with Crippen LogP contribution in [0, 0.1) is 0 Å². The zero-order valence-corrected chi connectivity index (χ0v) is 13.9. The standard InChI is InChI=1S/C17H25N3O3/c1-3-13(2)19-14-4-5-15(18-12-14)16(21)20-8-6-17(7-9-20)22-10-11-23-17/h4-5,12-13,19H,3,6-11H2,1-2H3. The number of hydrogen-bond donors (Lipinski definition) is 1. The molecule has 1 amide bonds. The van der Waals surface area contributed by atoms with Crippen LogP contribution in [0.15, 0.2) is 18.3 Å². The lowest BCUT2D eigenvalue weighted by atomic mass is 10.0. The second-order valence-electron chi connectivity index (χ2n) is 6.29. The molecule has 2 aliphatic heterocycles. The van der Waals surface area contributed by atoms with Crippen LogP contribution in [-0.2, 0) is 9.47 Å². The molecule has 3 rings (SSSR count). The van der Waals surface area contributed by atoms with Crippen LogP contribution in [0.1, 0.15) is 43.6 Å². The van der Waals surface area contributed by atoms with Crippen LogP contribution in [-0.4, -0.2) is 53.9 Å². The van der Waals surface area contributed by atoms with Crippen molar-refractivity contribution in [2.24, 2.45) is 0 Å². The molecule has 1 aromatic rings. The molecule has 0 saturated carbocycles. The largest absolute Gasteiger partial charge is 0.381 e. The zero-order chi connectivity index (χ0) is 16.3. The van der Waals surface area contributed by atoms with Crippen LogP contribution in [0.25, 0.3) is 0 Å². The predicted octanol–water partition coefficient (Wildman–Crippen LogP) is 2.27. The quantitative estimate of drug-likeness (QED) is 0.922. The van der Waals surface area contributed by atoms with E-state index < -0.39 is 5.79 Å². The SMILES string of the molecule is CCC(C)Nc1ccc(C(=O)N2CCC3(CC2)OCCO3)nc1. The lowest BCUT2D eigenvalue weighted by Crippen LogP contribution is -2.47. The first-order valence-corrected chi connectivity index (χ1v) is 8.42. The Morgan fingerprint density at radius 3 is 2.61 bits per heavy atom. The van der Waals surface area contributed by atoms with Gasteiger partial charge < -0.3 is 19.7 Å². The predicted molar refractivity (Wildman–Crippen MR) is 87.4 cm³/mol. The Morgan fingerprint density at radius 2 is 2.04 bits per heavy atom. The van der Waals surface area contributed by atoms with Gasteiger partial charge in [-0.15, -0.1) is 0 Å². The van der Waals surface area contributed by atoms with E-state index >= 15 is 0 Å². The first-order chi connectivity index (χ1) is 11.1. The summed E-state index contributed by atoms with van der Waals surface area (Å²) >= 11 is 0. The number of pyridine rings is 1. The molecule has 0 aliphatic carbocycles. The number of nitrogens with zero attached hydrogens (tertiary/aromatic N) is 2. The maximum absolute atomic E-state index is 12.6. The molecular weight excluding hydrogens is 294 g/mol. The van der Waals surface area contributed by atoms with Gasteiger partial charge in [0.2, 0.25) is 0 Å². The van der Waals surface area contributed by atoms with E-state index in [2.05, 4.69) is 24.1 Å². The van der Waals surface area contributed by atoms with Gasteiger partial charge in [-0.25, -0.2) is 4.98 Å². The van der Waals surface area contributed by atoms with E-state index in [0.29, 0.717) is 38.0 Å². The highest BCUT2D eigenvalue weighted by molar-refractivity contribution is 5.92. The van der Waals surface area contributed by atoms with Crippen molar-refractivity contribution in [3.63, 3.8) is 0 Å². The summed E-state index contributed by atoms with van der Waals surface area (Å²) in [6, 6.07) is 4.10. The molecule has 6 nitrogen and oxygen atoms in total. The molecule has 23 heavy (non-hydrogen) atoms. The fourth-order valence-corrected chi connectivity index (χ4v) is 2.99. The van der Waals surface area contributed by atoms with Gasteiger partial charge in [0.25, 0.3) is 5.91 Å². The third-order valence-electron chi connectivity index (χ3n) is 4.63. The smallest absolute Gasteiger partial charge is 0.272 e. The summed E-state index contributed by atoms with van der Waals surface area (Å²) in [5, 5.41) is 3.35. The molecule has 0 radical (unpaired) electrons. The summed E-state index contributed by atoms with van der Waals surface area (Å²) in [6.07, 6.45) is 4.23. The first kappa shape index (κ1) is 16.2. The van der Waals surface area contributed by atoms with Crippen molar-refractivity contribution in [3.05, 3.63) is 24.0 Å². The lowest BCUT2D eigenvalue weighted by molar-refractivity contribution is -0.181. The summed E-state index contributed by atoms with van der Waals surface area (Å²) in [4.78, 5) is 18.7. The van der Waals surface area contributed by atoms with Gasteiger partial charge in [-0.3, -0.25) is 4.79 Å². The highest BCUT2D eigenvalue weighted by Crippen LogP contribution is 2.31. The van der Waals surface area contributed by atoms with Crippen molar-refractivity contribution in [1.82, 2.24) is 9.88 Å². The minimum Gasteiger partial charge on any atom is -0.381 e. The number of nitrogens with one attached hydrogen (secondary N) is 1. The number of hydrogen-bond acceptors (Lipinski definition) is 5. The van der Waals surface area contributed by atoms with Crippen molar-refractivity contribution in [2.75, 3.05) is 31.6 Å². The molecule has 0 aromatic carbocycles. The third-order valence-corrected chi connectivity index (χ3v) is 4.63. The summed E-state index contributed by atoms with van der Waals surface area (Å²) in [5.74, 6) is -0.471. The number of carbonyl (C=O) groups excluding carboxylic acids is 1. The molecule has 2 saturated heterocycles. The molecule has 1 spiro atoms. The second kappa shape index (κ2) is 6.84. The highest BCUT2D eigenvalue weighted by Gasteiger charge is 2.40. The summed E-state index contributed by atoms with van der Waals surface area (Å²) in [5.41, 5.74) is 1.44. The monoisotopic (exact) mass is 319 g/mol. The molecule has 2 fully saturated rings. The second-order valence-corrected chi connectivity index (χ2v) is 6.29. The number of amides is 1. The molecule has 2 aliphatic rings. The normalized spacial score (nSPS) is 21.4. The Hall–Kier alpha value is -1.66. The number of piperidine rings is 1. The number of rotatable bonds is 4. The van der Waals surface area contributed by atoms with Crippen molar-refractivity contribution in [1.29, 1.82) is 0 Å². The zero-order valence-electron chi connectivity index (χ0n) is 13.9. The summed E-state index contributed by atoms with van der Waals surface area (Å²) in [6.45, 7) is 6.85. The average molecular weight is 319 g/mol. The Kier molecular flexibility index (Phi) is 4.82. The molecular formula is C17H25N3O3. The fourth-order valence-electron chi connectivity index (χ4n) is 2.99. The van der Waals surface area contributed by atoms with Crippen molar-refractivity contribution >= 4 is 11.6 Å². The van der Waals surface area contributed by atoms with Crippen molar-refractivity contribution in [2.45, 2.75) is 44.9 Å². The van der Waals surface area contributed by atoms with E-state index in [1.54, 1.807) is 12.3 Å². The Bertz CT molecular complexity index is 531. The molecule has 1 atom stereocenters.